The van der Waals surface area contributed by atoms with Gasteiger partial charge in [0.05, 0.1) is 47.3 Å². The van der Waals surface area contributed by atoms with Gasteiger partial charge in [-0.2, -0.15) is 0 Å². The summed E-state index contributed by atoms with van der Waals surface area (Å²) in [4.78, 5) is 27.7. The number of aliphatic hydroxyl groups excluding tert-OH is 2. The fourth-order valence-electron chi connectivity index (χ4n) is 13.2. The Morgan fingerprint density at radius 3 is 2.57 bits per heavy atom. The number of ketones is 1. The number of amides is 1. The average Bonchev–Trinajstić information content (AvgIpc) is 3.88. The van der Waals surface area contributed by atoms with Crippen molar-refractivity contribution in [2.24, 2.45) is 28.6 Å². The van der Waals surface area contributed by atoms with Gasteiger partial charge in [-0.1, -0.05) is 45.1 Å². The first-order valence-corrected chi connectivity index (χ1v) is 20.1. The topological polar surface area (TPSA) is 114 Å². The molecule has 0 saturated heterocycles. The molecule has 0 radical (unpaired) electrons. The lowest BCUT2D eigenvalue weighted by atomic mass is 9.40. The zero-order valence-corrected chi connectivity index (χ0v) is 33.1. The van der Waals surface area contributed by atoms with Crippen molar-refractivity contribution in [2.75, 3.05) is 0 Å². The zero-order chi connectivity index (χ0) is 38.5. The van der Waals surface area contributed by atoms with Gasteiger partial charge in [0, 0.05) is 39.8 Å². The predicted octanol–water partition coefficient (Wildman–Crippen LogP) is 8.45. The van der Waals surface area contributed by atoms with E-state index in [1.54, 1.807) is 6.26 Å². The predicted molar refractivity (Wildman–Crippen MR) is 209 cm³/mol. The van der Waals surface area contributed by atoms with Gasteiger partial charge in [0.15, 0.2) is 5.78 Å². The highest BCUT2D eigenvalue weighted by Crippen LogP contribution is 2.71. The van der Waals surface area contributed by atoms with Gasteiger partial charge in [-0.15, -0.1) is 0 Å². The molecule has 3 aromatic rings. The van der Waals surface area contributed by atoms with Crippen LogP contribution >= 0.6 is 0 Å². The highest BCUT2D eigenvalue weighted by Gasteiger charge is 2.67. The van der Waals surface area contributed by atoms with Gasteiger partial charge in [-0.25, -0.2) is 0 Å². The summed E-state index contributed by atoms with van der Waals surface area (Å²) < 4.78 is 14.3. The first-order valence-electron chi connectivity index (χ1n) is 20.1. The van der Waals surface area contributed by atoms with E-state index in [2.05, 4.69) is 83.1 Å². The Labute approximate surface area is 318 Å². The van der Waals surface area contributed by atoms with Crippen LogP contribution in [0.5, 0.6) is 0 Å². The summed E-state index contributed by atoms with van der Waals surface area (Å²) in [5.41, 5.74) is 5.66. The van der Waals surface area contributed by atoms with E-state index in [0.717, 1.165) is 58.9 Å². The Morgan fingerprint density at radius 1 is 1.11 bits per heavy atom. The lowest BCUT2D eigenvalue weighted by Crippen LogP contribution is -2.62. The minimum absolute atomic E-state index is 0.0279. The van der Waals surface area contributed by atoms with E-state index in [4.69, 9.17) is 9.15 Å². The second-order valence-electron chi connectivity index (χ2n) is 19.3. The van der Waals surface area contributed by atoms with E-state index >= 15 is 0 Å². The number of carbonyl (C=O) groups is 2. The normalized spacial score (nSPS) is 36.8. The number of rotatable bonds is 6. The van der Waals surface area contributed by atoms with Crippen molar-refractivity contribution in [1.29, 1.82) is 0 Å². The molecule has 4 heterocycles. The molecule has 4 aliphatic carbocycles. The van der Waals surface area contributed by atoms with Crippen molar-refractivity contribution in [3.63, 3.8) is 0 Å². The molecule has 286 valence electrons. The molecule has 1 amide bonds. The van der Waals surface area contributed by atoms with Crippen LogP contribution in [-0.2, 0) is 27.9 Å². The molecule has 8 heteroatoms. The number of benzene rings is 1. The number of Topliss-reactive ketones (excluding diaryl/α,β-unsaturated/α-hetero) is 1. The molecule has 6 aliphatic rings. The number of nitrogens with one attached hydrogen (secondary N) is 1. The van der Waals surface area contributed by atoms with Gasteiger partial charge in [0.25, 0.3) is 0 Å². The SMILES string of the molecule is C=C(C)[C@H]1C(=O)c2c3c(cc4c5c(n1c24)[C@@]1(C)C(CC[C@H]2[C@](C)(/C=C/CC(=O)NCc4ccco4)[C@@H](O)CC[C@@]21C)C5)C1=CC(C)(C)OC(C)(C)C1[C@@H]3O. The molecule has 2 aromatic heterocycles. The second-order valence-corrected chi connectivity index (χ2v) is 19.3. The summed E-state index contributed by atoms with van der Waals surface area (Å²) >= 11 is 0. The molecule has 0 bridgehead atoms. The lowest BCUT2D eigenvalue weighted by molar-refractivity contribution is -0.145. The summed E-state index contributed by atoms with van der Waals surface area (Å²) in [6.07, 6.45) is 11.1. The molecular weight excluding hydrogens is 677 g/mol. The Morgan fingerprint density at radius 2 is 1.87 bits per heavy atom. The van der Waals surface area contributed by atoms with Crippen LogP contribution in [0.4, 0.5) is 0 Å². The van der Waals surface area contributed by atoms with Crippen LogP contribution in [0.3, 0.4) is 0 Å². The molecule has 9 rings (SSSR count). The molecule has 1 aromatic carbocycles. The van der Waals surface area contributed by atoms with Crippen molar-refractivity contribution in [2.45, 2.75) is 135 Å². The molecule has 2 unspecified atom stereocenters. The number of hydrogen-bond acceptors (Lipinski definition) is 6. The Balaban J connectivity index is 1.16. The van der Waals surface area contributed by atoms with Crippen LogP contribution in [0, 0.1) is 28.6 Å². The summed E-state index contributed by atoms with van der Waals surface area (Å²) in [6.45, 7) is 22.1. The number of fused-ring (bicyclic) bond motifs is 11. The van der Waals surface area contributed by atoms with Crippen LogP contribution in [0.1, 0.15) is 138 Å². The van der Waals surface area contributed by atoms with E-state index in [1.165, 1.54) is 11.3 Å². The minimum Gasteiger partial charge on any atom is -0.467 e. The number of aromatic nitrogens is 1. The minimum atomic E-state index is -0.859. The van der Waals surface area contributed by atoms with Crippen LogP contribution in [0.25, 0.3) is 16.5 Å². The van der Waals surface area contributed by atoms with Crippen molar-refractivity contribution in [3.8, 4) is 0 Å². The number of ether oxygens (including phenoxy) is 1. The molecule has 0 spiro atoms. The van der Waals surface area contributed by atoms with Gasteiger partial charge < -0.3 is 29.3 Å². The molecule has 3 N–H and O–H groups in total. The molecule has 9 atom stereocenters. The maximum absolute atomic E-state index is 14.9. The Kier molecular flexibility index (Phi) is 7.60. The van der Waals surface area contributed by atoms with E-state index in [-0.39, 0.29) is 40.8 Å². The monoisotopic (exact) mass is 732 g/mol. The summed E-state index contributed by atoms with van der Waals surface area (Å²) in [5, 5.41) is 28.1. The summed E-state index contributed by atoms with van der Waals surface area (Å²) in [5.74, 6) is 0.906. The second kappa shape index (κ2) is 11.4. The number of carbonyl (C=O) groups excluding carboxylic acids is 2. The fourth-order valence-corrected chi connectivity index (χ4v) is 13.2. The quantitative estimate of drug-likeness (QED) is 0.219. The van der Waals surface area contributed by atoms with Crippen molar-refractivity contribution in [3.05, 3.63) is 88.6 Å². The fraction of sp³-hybridized carbons (Fsp3) is 0.565. The van der Waals surface area contributed by atoms with Crippen LogP contribution < -0.4 is 5.32 Å². The lowest BCUT2D eigenvalue weighted by Gasteiger charge is -2.64. The smallest absolute Gasteiger partial charge is 0.224 e. The van der Waals surface area contributed by atoms with Gasteiger partial charge in [0.2, 0.25) is 5.91 Å². The highest BCUT2D eigenvalue weighted by atomic mass is 16.5. The third-order valence-electron chi connectivity index (χ3n) is 15.4. The maximum atomic E-state index is 14.9. The van der Waals surface area contributed by atoms with Crippen molar-refractivity contribution in [1.82, 2.24) is 9.88 Å². The standard InChI is InChI=1S/C46H56N2O6/c1-24(2)37-40(52)35-34-27(30-22-42(3,4)54-43(5,6)36(30)39(34)51)21-28-29-20-25-14-15-31-44(7,17-10-13-33(50)47-23-26-12-11-19-53-26)32(49)16-18-45(31,8)46(25,9)41(29)48(37)38(28)35/h10-12,17,19,21-22,25,31-32,36-37,39,49,51H,1,13-16,18,20,23H2,2-9H3,(H,47,50)/b17-10+/t25?,31-,32-,36?,37-,39+,44-,45-,46+/m0/s1. The maximum Gasteiger partial charge on any atom is 0.224 e. The van der Waals surface area contributed by atoms with Crippen molar-refractivity contribution >= 4 is 28.2 Å². The number of aliphatic hydroxyl groups is 2. The molecule has 8 nitrogen and oxygen atoms in total. The first kappa shape index (κ1) is 35.9. The van der Waals surface area contributed by atoms with E-state index in [0.29, 0.717) is 30.2 Å². The van der Waals surface area contributed by atoms with E-state index < -0.39 is 34.9 Å². The Hall–Kier alpha value is -3.72. The average molecular weight is 733 g/mol. The number of hydrogen-bond donors (Lipinski definition) is 3. The number of furan rings is 1. The summed E-state index contributed by atoms with van der Waals surface area (Å²) in [7, 11) is 0. The third-order valence-corrected chi connectivity index (χ3v) is 15.4. The molecule has 2 aliphatic heterocycles. The number of nitrogens with zero attached hydrogens (tertiary/aromatic N) is 1. The van der Waals surface area contributed by atoms with E-state index in [1.807, 2.05) is 25.1 Å². The first-order chi connectivity index (χ1) is 25.4. The molecule has 2 saturated carbocycles. The van der Waals surface area contributed by atoms with Crippen LogP contribution in [0.15, 0.2) is 59.3 Å². The van der Waals surface area contributed by atoms with Crippen LogP contribution in [0.2, 0.25) is 0 Å². The van der Waals surface area contributed by atoms with E-state index in [9.17, 15) is 19.8 Å². The molecule has 2 fully saturated rings. The van der Waals surface area contributed by atoms with Gasteiger partial charge in [0.1, 0.15) is 11.8 Å². The number of allylic oxidation sites excluding steroid dienone is 1. The molecule has 54 heavy (non-hydrogen) atoms. The zero-order valence-electron chi connectivity index (χ0n) is 33.1. The summed E-state index contributed by atoms with van der Waals surface area (Å²) in [6, 6.07) is 5.41. The van der Waals surface area contributed by atoms with Gasteiger partial charge in [-0.3, -0.25) is 9.59 Å². The third kappa shape index (κ3) is 4.53. The highest BCUT2D eigenvalue weighted by molar-refractivity contribution is 6.18. The van der Waals surface area contributed by atoms with Gasteiger partial charge >= 0.3 is 0 Å². The van der Waals surface area contributed by atoms with Gasteiger partial charge in [-0.05, 0) is 125 Å². The molecular formula is C46H56N2O6. The van der Waals surface area contributed by atoms with Crippen molar-refractivity contribution < 1.29 is 29.0 Å². The van der Waals surface area contributed by atoms with Crippen LogP contribution in [-0.4, -0.2) is 43.8 Å². The largest absolute Gasteiger partial charge is 0.467 e. The Bertz CT molecular complexity index is 2200.